The number of nitriles is 1. The molecule has 2 amide bonds. The van der Waals surface area contributed by atoms with Crippen LogP contribution >= 0.6 is 0 Å². The van der Waals surface area contributed by atoms with Gasteiger partial charge in [0.2, 0.25) is 0 Å². The first-order chi connectivity index (χ1) is 9.08. The number of benzene rings is 1. The van der Waals surface area contributed by atoms with Crippen LogP contribution in [0.15, 0.2) is 24.3 Å². The van der Waals surface area contributed by atoms with Gasteiger partial charge in [-0.15, -0.1) is 0 Å². The van der Waals surface area contributed by atoms with Crippen LogP contribution in [0, 0.1) is 11.3 Å². The molecule has 0 bridgehead atoms. The van der Waals surface area contributed by atoms with Crippen molar-refractivity contribution in [2.24, 2.45) is 0 Å². The molecule has 2 rings (SSSR count). The number of carbonyl (C=O) groups is 1. The van der Waals surface area contributed by atoms with E-state index in [1.165, 1.54) is 0 Å². The van der Waals surface area contributed by atoms with Crippen molar-refractivity contribution in [3.8, 4) is 6.07 Å². The lowest BCUT2D eigenvalue weighted by atomic mass is 10.2. The van der Waals surface area contributed by atoms with E-state index in [0.717, 1.165) is 0 Å². The van der Waals surface area contributed by atoms with Crippen LogP contribution in [0.5, 0.6) is 0 Å². The molecule has 5 nitrogen and oxygen atoms in total. The van der Waals surface area contributed by atoms with Crippen LogP contribution < -0.4 is 5.32 Å². The Morgan fingerprint density at radius 2 is 2.11 bits per heavy atom. The number of morpholine rings is 1. The summed E-state index contributed by atoms with van der Waals surface area (Å²) in [6.07, 6.45) is 0.0832. The molecule has 1 fully saturated rings. The summed E-state index contributed by atoms with van der Waals surface area (Å²) >= 11 is 0. The lowest BCUT2D eigenvalue weighted by molar-refractivity contribution is -0.0530. The van der Waals surface area contributed by atoms with Gasteiger partial charge in [0.25, 0.3) is 0 Å². The summed E-state index contributed by atoms with van der Waals surface area (Å²) in [4.78, 5) is 13.9. The van der Waals surface area contributed by atoms with Crippen LogP contribution in [-0.4, -0.2) is 36.2 Å². The Bertz CT molecular complexity index is 500. The van der Waals surface area contributed by atoms with Gasteiger partial charge in [-0.1, -0.05) is 6.07 Å². The summed E-state index contributed by atoms with van der Waals surface area (Å²) in [5, 5.41) is 11.6. The minimum atomic E-state index is -0.155. The maximum Gasteiger partial charge on any atom is 0.322 e. The van der Waals surface area contributed by atoms with Gasteiger partial charge in [-0.05, 0) is 32.0 Å². The van der Waals surface area contributed by atoms with Gasteiger partial charge >= 0.3 is 6.03 Å². The molecule has 2 atom stereocenters. The quantitative estimate of drug-likeness (QED) is 0.840. The summed E-state index contributed by atoms with van der Waals surface area (Å²) < 4.78 is 5.59. The fourth-order valence-corrected chi connectivity index (χ4v) is 2.21. The zero-order chi connectivity index (χ0) is 13.8. The molecule has 1 saturated heterocycles. The lowest BCUT2D eigenvalue weighted by Gasteiger charge is -2.35. The number of hydrogen-bond acceptors (Lipinski definition) is 3. The highest BCUT2D eigenvalue weighted by Gasteiger charge is 2.25. The molecule has 100 valence electrons. The molecule has 1 aromatic rings. The summed E-state index contributed by atoms with van der Waals surface area (Å²) in [5.74, 6) is 0. The third-order valence-corrected chi connectivity index (χ3v) is 2.95. The van der Waals surface area contributed by atoms with Crippen molar-refractivity contribution in [3.63, 3.8) is 0 Å². The van der Waals surface area contributed by atoms with E-state index in [1.54, 1.807) is 29.2 Å². The molecule has 5 heteroatoms. The molecule has 1 aliphatic heterocycles. The predicted octanol–water partition coefficient (Wildman–Crippen LogP) is 2.20. The second-order valence-electron chi connectivity index (χ2n) is 4.79. The first kappa shape index (κ1) is 13.4. The number of urea groups is 1. The van der Waals surface area contributed by atoms with E-state index in [2.05, 4.69) is 5.32 Å². The zero-order valence-corrected chi connectivity index (χ0v) is 11.1. The number of carbonyl (C=O) groups excluding carboxylic acids is 1. The number of ether oxygens (including phenoxy) is 1. The van der Waals surface area contributed by atoms with Gasteiger partial charge in [0, 0.05) is 18.8 Å². The zero-order valence-electron chi connectivity index (χ0n) is 11.1. The molecular formula is C14H17N3O2. The number of nitrogens with zero attached hydrogens (tertiary/aromatic N) is 2. The van der Waals surface area contributed by atoms with Gasteiger partial charge in [-0.2, -0.15) is 5.26 Å². The third-order valence-electron chi connectivity index (χ3n) is 2.95. The van der Waals surface area contributed by atoms with Crippen LogP contribution in [0.1, 0.15) is 19.4 Å². The predicted molar refractivity (Wildman–Crippen MR) is 71.8 cm³/mol. The highest BCUT2D eigenvalue weighted by molar-refractivity contribution is 5.89. The summed E-state index contributed by atoms with van der Waals surface area (Å²) in [6, 6.07) is 8.77. The number of nitrogens with one attached hydrogen (secondary N) is 1. The normalized spacial score (nSPS) is 22.7. The molecule has 19 heavy (non-hydrogen) atoms. The van der Waals surface area contributed by atoms with Crippen molar-refractivity contribution >= 4 is 11.7 Å². The van der Waals surface area contributed by atoms with Gasteiger partial charge < -0.3 is 15.0 Å². The van der Waals surface area contributed by atoms with E-state index in [4.69, 9.17) is 10.00 Å². The fourth-order valence-electron chi connectivity index (χ4n) is 2.21. The van der Waals surface area contributed by atoms with Crippen molar-refractivity contribution in [3.05, 3.63) is 29.8 Å². The maximum absolute atomic E-state index is 12.1. The lowest BCUT2D eigenvalue weighted by Crippen LogP contribution is -2.49. The van der Waals surface area contributed by atoms with Crippen LogP contribution in [-0.2, 0) is 4.74 Å². The largest absolute Gasteiger partial charge is 0.372 e. The van der Waals surface area contributed by atoms with E-state index in [1.807, 2.05) is 19.9 Å². The number of anilines is 1. The minimum Gasteiger partial charge on any atom is -0.372 e. The van der Waals surface area contributed by atoms with E-state index in [-0.39, 0.29) is 18.2 Å². The molecule has 1 aromatic carbocycles. The topological polar surface area (TPSA) is 65.4 Å². The summed E-state index contributed by atoms with van der Waals surface area (Å²) in [7, 11) is 0. The smallest absolute Gasteiger partial charge is 0.322 e. The molecule has 1 aliphatic rings. The molecule has 0 aromatic heterocycles. The minimum absolute atomic E-state index is 0.0416. The third kappa shape index (κ3) is 3.46. The van der Waals surface area contributed by atoms with Crippen molar-refractivity contribution < 1.29 is 9.53 Å². The maximum atomic E-state index is 12.1. The highest BCUT2D eigenvalue weighted by atomic mass is 16.5. The van der Waals surface area contributed by atoms with E-state index in [9.17, 15) is 4.79 Å². The Morgan fingerprint density at radius 3 is 2.74 bits per heavy atom. The Kier molecular flexibility index (Phi) is 4.03. The van der Waals surface area contributed by atoms with Gasteiger partial charge in [-0.25, -0.2) is 4.79 Å². The van der Waals surface area contributed by atoms with Crippen LogP contribution in [0.2, 0.25) is 0 Å². The van der Waals surface area contributed by atoms with Gasteiger partial charge in [0.15, 0.2) is 0 Å². The van der Waals surface area contributed by atoms with Crippen LogP contribution in [0.25, 0.3) is 0 Å². The molecule has 0 aliphatic carbocycles. The molecule has 0 radical (unpaired) electrons. The molecule has 2 unspecified atom stereocenters. The summed E-state index contributed by atoms with van der Waals surface area (Å²) in [6.45, 7) is 5.06. The van der Waals surface area contributed by atoms with Crippen molar-refractivity contribution in [2.45, 2.75) is 26.1 Å². The molecular weight excluding hydrogens is 242 g/mol. The Hall–Kier alpha value is -2.06. The van der Waals surface area contributed by atoms with Crippen molar-refractivity contribution in [1.82, 2.24) is 4.90 Å². The Balaban J connectivity index is 2.02. The first-order valence-corrected chi connectivity index (χ1v) is 6.30. The number of hydrogen-bond donors (Lipinski definition) is 1. The average molecular weight is 259 g/mol. The molecule has 0 saturated carbocycles. The van der Waals surface area contributed by atoms with Gasteiger partial charge in [0.05, 0.1) is 23.8 Å². The Labute approximate surface area is 112 Å². The SMILES string of the molecule is CC1CN(C(=O)Nc2cccc(C#N)c2)CC(C)O1. The molecule has 0 spiro atoms. The molecule has 1 N–H and O–H groups in total. The fraction of sp³-hybridized carbons (Fsp3) is 0.429. The van der Waals surface area contributed by atoms with Crippen molar-refractivity contribution in [2.75, 3.05) is 18.4 Å². The second kappa shape index (κ2) is 5.72. The van der Waals surface area contributed by atoms with Crippen LogP contribution in [0.3, 0.4) is 0 Å². The standard InChI is InChI=1S/C14H17N3O2/c1-10-8-17(9-11(2)19-10)14(18)16-13-5-3-4-12(6-13)7-15/h3-6,10-11H,8-9H2,1-2H3,(H,16,18). The number of rotatable bonds is 1. The van der Waals surface area contributed by atoms with Crippen molar-refractivity contribution in [1.29, 1.82) is 5.26 Å². The Morgan fingerprint density at radius 1 is 1.42 bits per heavy atom. The van der Waals surface area contributed by atoms with E-state index < -0.39 is 0 Å². The average Bonchev–Trinajstić information content (AvgIpc) is 2.37. The van der Waals surface area contributed by atoms with Gasteiger partial charge in [0.1, 0.15) is 0 Å². The highest BCUT2D eigenvalue weighted by Crippen LogP contribution is 2.14. The van der Waals surface area contributed by atoms with Crippen LogP contribution in [0.4, 0.5) is 10.5 Å². The second-order valence-corrected chi connectivity index (χ2v) is 4.79. The monoisotopic (exact) mass is 259 g/mol. The van der Waals surface area contributed by atoms with E-state index >= 15 is 0 Å². The first-order valence-electron chi connectivity index (χ1n) is 6.30. The summed E-state index contributed by atoms with van der Waals surface area (Å²) in [5.41, 5.74) is 1.16. The number of amides is 2. The molecule has 1 heterocycles. The van der Waals surface area contributed by atoms with Gasteiger partial charge in [-0.3, -0.25) is 0 Å². The van der Waals surface area contributed by atoms with E-state index in [0.29, 0.717) is 24.3 Å².